The molecule has 0 aromatic rings. The molecule has 1 fully saturated rings. The summed E-state index contributed by atoms with van der Waals surface area (Å²) < 4.78 is 0. The third-order valence-electron chi connectivity index (χ3n) is 3.02. The van der Waals surface area contributed by atoms with Crippen LogP contribution in [0.1, 0.15) is 40.0 Å². The zero-order chi connectivity index (χ0) is 9.90. The maximum absolute atomic E-state index is 5.79. The van der Waals surface area contributed by atoms with Crippen LogP contribution in [0.4, 0.5) is 0 Å². The van der Waals surface area contributed by atoms with E-state index in [4.69, 9.17) is 5.73 Å². The van der Waals surface area contributed by atoms with Crippen LogP contribution in [0.5, 0.6) is 0 Å². The van der Waals surface area contributed by atoms with E-state index < -0.39 is 0 Å². The predicted molar refractivity (Wildman–Crippen MR) is 57.7 cm³/mol. The summed E-state index contributed by atoms with van der Waals surface area (Å²) in [6, 6.07) is 0. The van der Waals surface area contributed by atoms with Crippen LogP contribution in [0.2, 0.25) is 0 Å². The number of nitrogens with zero attached hydrogens (tertiary/aromatic N) is 1. The summed E-state index contributed by atoms with van der Waals surface area (Å²) in [6.45, 7) is 9.97. The molecule has 0 saturated heterocycles. The first kappa shape index (κ1) is 11.0. The van der Waals surface area contributed by atoms with Gasteiger partial charge in [0.05, 0.1) is 0 Å². The Kier molecular flexibility index (Phi) is 3.74. The molecule has 1 saturated carbocycles. The standard InChI is InChI=1S/C11H24N2/c1-4-7-13(8-10-5-6-10)11(2,3)9-12/h10H,4-9,12H2,1-3H3. The van der Waals surface area contributed by atoms with E-state index in [1.54, 1.807) is 0 Å². The molecular formula is C11H24N2. The van der Waals surface area contributed by atoms with Crippen LogP contribution in [0.25, 0.3) is 0 Å². The molecule has 0 amide bonds. The highest BCUT2D eigenvalue weighted by Crippen LogP contribution is 2.31. The highest BCUT2D eigenvalue weighted by molar-refractivity contribution is 4.87. The molecule has 2 N–H and O–H groups in total. The molecule has 2 nitrogen and oxygen atoms in total. The smallest absolute Gasteiger partial charge is 0.0275 e. The van der Waals surface area contributed by atoms with Crippen LogP contribution in [-0.4, -0.2) is 30.1 Å². The van der Waals surface area contributed by atoms with E-state index in [0.29, 0.717) is 0 Å². The lowest BCUT2D eigenvalue weighted by atomic mass is 10.0. The second-order valence-corrected chi connectivity index (χ2v) is 4.91. The van der Waals surface area contributed by atoms with Crippen molar-refractivity contribution in [2.45, 2.75) is 45.6 Å². The van der Waals surface area contributed by atoms with Gasteiger partial charge in [0.15, 0.2) is 0 Å². The number of nitrogens with two attached hydrogens (primary N) is 1. The molecular weight excluding hydrogens is 160 g/mol. The molecule has 0 unspecified atom stereocenters. The average molecular weight is 184 g/mol. The lowest BCUT2D eigenvalue weighted by molar-refractivity contribution is 0.120. The van der Waals surface area contributed by atoms with Crippen LogP contribution in [0, 0.1) is 5.92 Å². The van der Waals surface area contributed by atoms with Crippen molar-refractivity contribution < 1.29 is 0 Å². The molecule has 0 heterocycles. The van der Waals surface area contributed by atoms with Gasteiger partial charge in [-0.25, -0.2) is 0 Å². The first-order valence-corrected chi connectivity index (χ1v) is 5.55. The summed E-state index contributed by atoms with van der Waals surface area (Å²) in [5.41, 5.74) is 5.98. The normalized spacial score (nSPS) is 18.2. The topological polar surface area (TPSA) is 29.3 Å². The molecule has 1 rings (SSSR count). The van der Waals surface area contributed by atoms with Crippen LogP contribution in [0.15, 0.2) is 0 Å². The molecule has 0 radical (unpaired) electrons. The van der Waals surface area contributed by atoms with Gasteiger partial charge in [-0.2, -0.15) is 0 Å². The monoisotopic (exact) mass is 184 g/mol. The summed E-state index contributed by atoms with van der Waals surface area (Å²) >= 11 is 0. The summed E-state index contributed by atoms with van der Waals surface area (Å²) in [5, 5.41) is 0. The van der Waals surface area contributed by atoms with Crippen molar-refractivity contribution in [3.8, 4) is 0 Å². The minimum absolute atomic E-state index is 0.193. The lowest BCUT2D eigenvalue weighted by Crippen LogP contribution is -2.50. The van der Waals surface area contributed by atoms with Gasteiger partial charge in [-0.05, 0) is 45.6 Å². The van der Waals surface area contributed by atoms with Crippen LogP contribution in [0.3, 0.4) is 0 Å². The summed E-state index contributed by atoms with van der Waals surface area (Å²) in [6.07, 6.45) is 4.10. The van der Waals surface area contributed by atoms with Crippen LogP contribution >= 0.6 is 0 Å². The summed E-state index contributed by atoms with van der Waals surface area (Å²) in [5.74, 6) is 0.970. The van der Waals surface area contributed by atoms with Gasteiger partial charge in [-0.3, -0.25) is 4.90 Å². The minimum atomic E-state index is 0.193. The number of rotatable bonds is 6. The Morgan fingerprint density at radius 1 is 1.38 bits per heavy atom. The van der Waals surface area contributed by atoms with E-state index in [2.05, 4.69) is 25.7 Å². The Morgan fingerprint density at radius 2 is 2.00 bits per heavy atom. The minimum Gasteiger partial charge on any atom is -0.329 e. The average Bonchev–Trinajstić information content (AvgIpc) is 2.87. The molecule has 1 aliphatic rings. The van der Waals surface area contributed by atoms with Crippen LogP contribution in [-0.2, 0) is 0 Å². The zero-order valence-corrected chi connectivity index (χ0v) is 9.34. The number of hydrogen-bond acceptors (Lipinski definition) is 2. The van der Waals surface area contributed by atoms with Crippen molar-refractivity contribution in [1.82, 2.24) is 4.90 Å². The Bertz CT molecular complexity index is 150. The van der Waals surface area contributed by atoms with Gasteiger partial charge in [-0.1, -0.05) is 6.92 Å². The van der Waals surface area contributed by atoms with E-state index in [9.17, 15) is 0 Å². The molecule has 0 bridgehead atoms. The Morgan fingerprint density at radius 3 is 2.38 bits per heavy atom. The van der Waals surface area contributed by atoms with Crippen molar-refractivity contribution in [1.29, 1.82) is 0 Å². The van der Waals surface area contributed by atoms with Gasteiger partial charge in [0, 0.05) is 18.6 Å². The molecule has 1 aliphatic carbocycles. The van der Waals surface area contributed by atoms with Crippen molar-refractivity contribution in [2.24, 2.45) is 11.7 Å². The summed E-state index contributed by atoms with van der Waals surface area (Å²) in [4.78, 5) is 2.56. The summed E-state index contributed by atoms with van der Waals surface area (Å²) in [7, 11) is 0. The fourth-order valence-electron chi connectivity index (χ4n) is 1.65. The van der Waals surface area contributed by atoms with Gasteiger partial charge < -0.3 is 5.73 Å². The van der Waals surface area contributed by atoms with Crippen molar-refractivity contribution in [3.05, 3.63) is 0 Å². The first-order chi connectivity index (χ1) is 6.10. The number of hydrogen-bond donors (Lipinski definition) is 1. The third-order valence-corrected chi connectivity index (χ3v) is 3.02. The van der Waals surface area contributed by atoms with E-state index in [1.165, 1.54) is 32.4 Å². The molecule has 0 aromatic heterocycles. The third kappa shape index (κ3) is 3.28. The fraction of sp³-hybridized carbons (Fsp3) is 1.00. The zero-order valence-electron chi connectivity index (χ0n) is 9.34. The molecule has 2 heteroatoms. The first-order valence-electron chi connectivity index (χ1n) is 5.55. The van der Waals surface area contributed by atoms with E-state index in [0.717, 1.165) is 12.5 Å². The molecule has 0 spiro atoms. The van der Waals surface area contributed by atoms with E-state index in [1.807, 2.05) is 0 Å². The van der Waals surface area contributed by atoms with Gasteiger partial charge >= 0.3 is 0 Å². The highest BCUT2D eigenvalue weighted by atomic mass is 15.2. The quantitative estimate of drug-likeness (QED) is 0.682. The maximum atomic E-state index is 5.79. The Balaban J connectivity index is 2.43. The largest absolute Gasteiger partial charge is 0.329 e. The van der Waals surface area contributed by atoms with E-state index >= 15 is 0 Å². The van der Waals surface area contributed by atoms with Gasteiger partial charge in [0.1, 0.15) is 0 Å². The molecule has 13 heavy (non-hydrogen) atoms. The van der Waals surface area contributed by atoms with Crippen molar-refractivity contribution >= 4 is 0 Å². The Hall–Kier alpha value is -0.0800. The van der Waals surface area contributed by atoms with Crippen molar-refractivity contribution in [3.63, 3.8) is 0 Å². The van der Waals surface area contributed by atoms with Crippen molar-refractivity contribution in [2.75, 3.05) is 19.6 Å². The maximum Gasteiger partial charge on any atom is 0.0275 e. The van der Waals surface area contributed by atoms with Crippen LogP contribution < -0.4 is 5.73 Å². The van der Waals surface area contributed by atoms with Gasteiger partial charge in [0.25, 0.3) is 0 Å². The molecule has 0 aromatic carbocycles. The predicted octanol–water partition coefficient (Wildman–Crippen LogP) is 1.85. The second kappa shape index (κ2) is 4.43. The SMILES string of the molecule is CCCN(CC1CC1)C(C)(C)CN. The highest BCUT2D eigenvalue weighted by Gasteiger charge is 2.30. The molecule has 0 atom stereocenters. The second-order valence-electron chi connectivity index (χ2n) is 4.91. The van der Waals surface area contributed by atoms with Gasteiger partial charge in [-0.15, -0.1) is 0 Å². The fourth-order valence-corrected chi connectivity index (χ4v) is 1.65. The van der Waals surface area contributed by atoms with E-state index in [-0.39, 0.29) is 5.54 Å². The molecule has 78 valence electrons. The Labute approximate surface area is 82.5 Å². The molecule has 0 aliphatic heterocycles. The van der Waals surface area contributed by atoms with Gasteiger partial charge in [0.2, 0.25) is 0 Å². The lowest BCUT2D eigenvalue weighted by Gasteiger charge is -2.37.